The number of hydrogen-bond acceptors (Lipinski definition) is 6. The highest BCUT2D eigenvalue weighted by Crippen LogP contribution is 2.31. The number of pyridine rings is 1. The lowest BCUT2D eigenvalue weighted by Gasteiger charge is -2.33. The van der Waals surface area contributed by atoms with Crippen molar-refractivity contribution in [2.24, 2.45) is 0 Å². The minimum absolute atomic E-state index is 0.270. The maximum atomic E-state index is 10.6. The van der Waals surface area contributed by atoms with Gasteiger partial charge in [-0.25, -0.2) is 4.79 Å². The van der Waals surface area contributed by atoms with Gasteiger partial charge in [0.2, 0.25) is 0 Å². The van der Waals surface area contributed by atoms with Gasteiger partial charge in [-0.3, -0.25) is 4.98 Å². The van der Waals surface area contributed by atoms with Gasteiger partial charge >= 0.3 is 6.09 Å². The molecule has 8 heteroatoms. The van der Waals surface area contributed by atoms with Crippen molar-refractivity contribution in [3.05, 3.63) is 48.3 Å². The Balaban J connectivity index is 1.69. The van der Waals surface area contributed by atoms with E-state index in [9.17, 15) is 4.79 Å². The number of piperazine rings is 1. The first-order valence-electron chi connectivity index (χ1n) is 9.26. The summed E-state index contributed by atoms with van der Waals surface area (Å²) >= 11 is 0. The molecule has 1 fully saturated rings. The van der Waals surface area contributed by atoms with Crippen molar-refractivity contribution in [2.45, 2.75) is 19.5 Å². The van der Waals surface area contributed by atoms with Crippen LogP contribution in [0.1, 0.15) is 12.5 Å². The summed E-state index contributed by atoms with van der Waals surface area (Å²) in [5, 5.41) is 25.6. The maximum absolute atomic E-state index is 10.6. The predicted molar refractivity (Wildman–Crippen MR) is 107 cm³/mol. The molecule has 1 unspecified atom stereocenters. The third-order valence-corrected chi connectivity index (χ3v) is 4.90. The van der Waals surface area contributed by atoms with Gasteiger partial charge in [-0.05, 0) is 18.6 Å². The highest BCUT2D eigenvalue weighted by Gasteiger charge is 2.21. The molecule has 1 amide bonds. The number of amides is 1. The van der Waals surface area contributed by atoms with Crippen molar-refractivity contribution in [3.8, 4) is 11.3 Å². The molecule has 1 aliphatic rings. The molecule has 1 aliphatic heterocycles. The van der Waals surface area contributed by atoms with E-state index in [1.807, 2.05) is 36.5 Å². The summed E-state index contributed by atoms with van der Waals surface area (Å²) in [5.41, 5.74) is 2.61. The van der Waals surface area contributed by atoms with Crippen LogP contribution in [0, 0.1) is 0 Å². The van der Waals surface area contributed by atoms with Crippen molar-refractivity contribution in [2.75, 3.05) is 24.5 Å². The fraction of sp³-hybridized carbons (Fsp3) is 0.300. The summed E-state index contributed by atoms with van der Waals surface area (Å²) < 4.78 is 0. The summed E-state index contributed by atoms with van der Waals surface area (Å²) in [7, 11) is 0. The number of benzene rings is 1. The van der Waals surface area contributed by atoms with Crippen LogP contribution in [0.4, 0.5) is 10.6 Å². The Labute approximate surface area is 162 Å². The fourth-order valence-corrected chi connectivity index (χ4v) is 3.51. The van der Waals surface area contributed by atoms with Gasteiger partial charge in [-0.15, -0.1) is 10.2 Å². The fourth-order valence-electron chi connectivity index (χ4n) is 3.51. The average molecular weight is 378 g/mol. The largest absolute Gasteiger partial charge is 0.465 e. The van der Waals surface area contributed by atoms with Gasteiger partial charge in [0.25, 0.3) is 0 Å². The second kappa shape index (κ2) is 7.77. The van der Waals surface area contributed by atoms with Crippen LogP contribution in [-0.2, 0) is 6.54 Å². The minimum Gasteiger partial charge on any atom is -0.465 e. The van der Waals surface area contributed by atoms with Gasteiger partial charge < -0.3 is 20.6 Å². The van der Waals surface area contributed by atoms with Crippen molar-refractivity contribution in [1.29, 1.82) is 0 Å². The highest BCUT2D eigenvalue weighted by atomic mass is 16.4. The number of fused-ring (bicyclic) bond motifs is 1. The van der Waals surface area contributed by atoms with E-state index in [0.29, 0.717) is 6.04 Å². The second-order valence-electron chi connectivity index (χ2n) is 6.95. The van der Waals surface area contributed by atoms with Gasteiger partial charge in [0, 0.05) is 61.0 Å². The molecule has 0 aliphatic carbocycles. The standard InChI is InChI=1S/C20H22N6O2/c1-13-12-26(9-8-22-13)19-17-11-21-7-6-16(17)18(24-25-19)15-4-2-14(3-5-15)10-23-20(27)28/h2-7,11,13,22-23H,8-10,12H2,1H3,(H,27,28). The Morgan fingerprint density at radius 2 is 2.07 bits per heavy atom. The van der Waals surface area contributed by atoms with Crippen LogP contribution < -0.4 is 15.5 Å². The van der Waals surface area contributed by atoms with E-state index >= 15 is 0 Å². The topological polar surface area (TPSA) is 103 Å². The summed E-state index contributed by atoms with van der Waals surface area (Å²) in [6, 6.07) is 10.0. The molecular formula is C20H22N6O2. The Morgan fingerprint density at radius 1 is 1.25 bits per heavy atom. The monoisotopic (exact) mass is 378 g/mol. The van der Waals surface area contributed by atoms with Crippen molar-refractivity contribution >= 4 is 22.7 Å². The maximum Gasteiger partial charge on any atom is 0.404 e. The van der Waals surface area contributed by atoms with E-state index in [4.69, 9.17) is 5.11 Å². The molecule has 0 radical (unpaired) electrons. The van der Waals surface area contributed by atoms with Gasteiger partial charge in [-0.2, -0.15) is 0 Å². The zero-order chi connectivity index (χ0) is 19.5. The Hall–Kier alpha value is -3.26. The van der Waals surface area contributed by atoms with Crippen LogP contribution in [0.5, 0.6) is 0 Å². The molecule has 1 atom stereocenters. The molecule has 0 spiro atoms. The van der Waals surface area contributed by atoms with Crippen molar-refractivity contribution in [3.63, 3.8) is 0 Å². The molecule has 1 saturated heterocycles. The smallest absolute Gasteiger partial charge is 0.404 e. The van der Waals surface area contributed by atoms with Crippen LogP contribution in [-0.4, -0.2) is 52.1 Å². The first kappa shape index (κ1) is 18.1. The van der Waals surface area contributed by atoms with Crippen molar-refractivity contribution < 1.29 is 9.90 Å². The van der Waals surface area contributed by atoms with E-state index in [0.717, 1.165) is 53.0 Å². The lowest BCUT2D eigenvalue weighted by Crippen LogP contribution is -2.49. The minimum atomic E-state index is -1.04. The van der Waals surface area contributed by atoms with E-state index < -0.39 is 6.09 Å². The summed E-state index contributed by atoms with van der Waals surface area (Å²) in [6.45, 7) is 5.11. The molecule has 0 saturated carbocycles. The molecule has 1 aromatic carbocycles. The zero-order valence-electron chi connectivity index (χ0n) is 15.6. The van der Waals surface area contributed by atoms with Gasteiger partial charge in [0.1, 0.15) is 5.69 Å². The molecule has 28 heavy (non-hydrogen) atoms. The normalized spacial score (nSPS) is 16.9. The molecular weight excluding hydrogens is 356 g/mol. The second-order valence-corrected chi connectivity index (χ2v) is 6.95. The number of carboxylic acid groups (broad SMARTS) is 1. The average Bonchev–Trinajstić information content (AvgIpc) is 2.72. The molecule has 3 N–H and O–H groups in total. The molecule has 2 aromatic heterocycles. The molecule has 3 aromatic rings. The van der Waals surface area contributed by atoms with E-state index in [2.05, 4.69) is 37.6 Å². The quantitative estimate of drug-likeness (QED) is 0.640. The van der Waals surface area contributed by atoms with Gasteiger partial charge in [0.15, 0.2) is 5.82 Å². The lowest BCUT2D eigenvalue weighted by atomic mass is 10.0. The van der Waals surface area contributed by atoms with Gasteiger partial charge in [-0.1, -0.05) is 24.3 Å². The molecule has 4 rings (SSSR count). The third kappa shape index (κ3) is 3.72. The Kier molecular flexibility index (Phi) is 5.03. The number of nitrogens with zero attached hydrogens (tertiary/aromatic N) is 4. The zero-order valence-corrected chi connectivity index (χ0v) is 15.6. The number of aromatic nitrogens is 3. The van der Waals surface area contributed by atoms with E-state index in [1.54, 1.807) is 6.20 Å². The Morgan fingerprint density at radius 3 is 2.82 bits per heavy atom. The third-order valence-electron chi connectivity index (χ3n) is 4.90. The SMILES string of the molecule is CC1CN(c2nnc(-c3ccc(CNC(=O)O)cc3)c3ccncc23)CCN1. The summed E-state index contributed by atoms with van der Waals surface area (Å²) in [5.74, 6) is 0.863. The molecule has 8 nitrogen and oxygen atoms in total. The van der Waals surface area contributed by atoms with Crippen LogP contribution in [0.3, 0.4) is 0 Å². The molecule has 3 heterocycles. The number of carbonyl (C=O) groups is 1. The van der Waals surface area contributed by atoms with E-state index in [1.165, 1.54) is 0 Å². The number of rotatable bonds is 4. The molecule has 0 bridgehead atoms. The van der Waals surface area contributed by atoms with Crippen LogP contribution >= 0.6 is 0 Å². The summed E-state index contributed by atoms with van der Waals surface area (Å²) in [4.78, 5) is 17.2. The first-order valence-corrected chi connectivity index (χ1v) is 9.26. The first-order chi connectivity index (χ1) is 13.6. The summed E-state index contributed by atoms with van der Waals surface area (Å²) in [6.07, 6.45) is 2.58. The lowest BCUT2D eigenvalue weighted by molar-refractivity contribution is 0.194. The highest BCUT2D eigenvalue weighted by molar-refractivity contribution is 5.99. The Bertz CT molecular complexity index is 992. The van der Waals surface area contributed by atoms with Crippen LogP contribution in [0.25, 0.3) is 22.0 Å². The number of anilines is 1. The molecule has 144 valence electrons. The van der Waals surface area contributed by atoms with Crippen LogP contribution in [0.15, 0.2) is 42.7 Å². The van der Waals surface area contributed by atoms with Gasteiger partial charge in [0.05, 0.1) is 0 Å². The van der Waals surface area contributed by atoms with Crippen molar-refractivity contribution in [1.82, 2.24) is 25.8 Å². The number of hydrogen-bond donors (Lipinski definition) is 3. The predicted octanol–water partition coefficient (Wildman–Crippen LogP) is 2.26. The van der Waals surface area contributed by atoms with E-state index in [-0.39, 0.29) is 6.54 Å². The number of nitrogens with one attached hydrogen (secondary N) is 2. The van der Waals surface area contributed by atoms with Crippen LogP contribution in [0.2, 0.25) is 0 Å².